The number of hydrogen-bond acceptors (Lipinski definition) is 3. The summed E-state index contributed by atoms with van der Waals surface area (Å²) in [7, 11) is 0. The van der Waals surface area contributed by atoms with Crippen LogP contribution in [0, 0.1) is 0 Å². The summed E-state index contributed by atoms with van der Waals surface area (Å²) in [5.41, 5.74) is 0.911. The van der Waals surface area contributed by atoms with Crippen LogP contribution in [0.4, 0.5) is 0 Å². The zero-order chi connectivity index (χ0) is 18.0. The normalized spacial score (nSPS) is 23.8. The second-order valence-corrected chi connectivity index (χ2v) is 8.25. The van der Waals surface area contributed by atoms with E-state index in [4.69, 9.17) is 0 Å². The minimum absolute atomic E-state index is 0.0415. The fraction of sp³-hybridized carbons (Fsp3) is 0.600. The Morgan fingerprint density at radius 3 is 2.24 bits per heavy atom. The predicted octanol–water partition coefficient (Wildman–Crippen LogP) is 2.57. The van der Waals surface area contributed by atoms with Gasteiger partial charge >= 0.3 is 0 Å². The molecule has 3 rings (SSSR count). The number of hydrogen-bond donors (Lipinski definition) is 2. The van der Waals surface area contributed by atoms with Gasteiger partial charge in [0.1, 0.15) is 0 Å². The molecule has 0 spiro atoms. The van der Waals surface area contributed by atoms with Gasteiger partial charge in [-0.3, -0.25) is 14.5 Å². The van der Waals surface area contributed by atoms with E-state index in [2.05, 4.69) is 15.5 Å². The summed E-state index contributed by atoms with van der Waals surface area (Å²) < 4.78 is 0. The molecular weight excluding hydrogens is 314 g/mol. The number of benzene rings is 1. The van der Waals surface area contributed by atoms with Crippen molar-refractivity contribution < 1.29 is 9.59 Å². The number of amides is 2. The van der Waals surface area contributed by atoms with E-state index in [1.165, 1.54) is 19.3 Å². The second kappa shape index (κ2) is 7.16. The van der Waals surface area contributed by atoms with Gasteiger partial charge in [-0.25, -0.2) is 0 Å². The van der Waals surface area contributed by atoms with Gasteiger partial charge in [-0.15, -0.1) is 0 Å². The molecule has 2 atom stereocenters. The van der Waals surface area contributed by atoms with Crippen molar-refractivity contribution in [2.24, 2.45) is 0 Å². The third-order valence-corrected chi connectivity index (χ3v) is 5.07. The first-order valence-corrected chi connectivity index (χ1v) is 9.31. The quantitative estimate of drug-likeness (QED) is 0.887. The van der Waals surface area contributed by atoms with Crippen molar-refractivity contribution in [3.05, 3.63) is 35.4 Å². The lowest BCUT2D eigenvalue weighted by molar-refractivity contribution is 0.0904. The van der Waals surface area contributed by atoms with Crippen molar-refractivity contribution in [3.63, 3.8) is 0 Å². The molecule has 2 amide bonds. The Morgan fingerprint density at radius 2 is 1.60 bits per heavy atom. The van der Waals surface area contributed by atoms with Crippen LogP contribution >= 0.6 is 0 Å². The molecule has 5 nitrogen and oxygen atoms in total. The third kappa shape index (κ3) is 4.40. The summed E-state index contributed by atoms with van der Waals surface area (Å²) in [5, 5.41) is 6.13. The number of rotatable bonds is 3. The lowest BCUT2D eigenvalue weighted by Crippen LogP contribution is -2.46. The zero-order valence-corrected chi connectivity index (χ0v) is 15.5. The number of piperidine rings is 1. The van der Waals surface area contributed by atoms with E-state index in [0.717, 1.165) is 19.5 Å². The van der Waals surface area contributed by atoms with Crippen LogP contribution in [-0.2, 0) is 0 Å². The predicted molar refractivity (Wildman–Crippen MR) is 98.7 cm³/mol. The van der Waals surface area contributed by atoms with Gasteiger partial charge in [0.05, 0.1) is 0 Å². The van der Waals surface area contributed by atoms with E-state index in [9.17, 15) is 9.59 Å². The van der Waals surface area contributed by atoms with Crippen molar-refractivity contribution in [3.8, 4) is 0 Å². The van der Waals surface area contributed by atoms with Crippen molar-refractivity contribution >= 4 is 11.8 Å². The molecule has 2 heterocycles. The highest BCUT2D eigenvalue weighted by Crippen LogP contribution is 2.27. The van der Waals surface area contributed by atoms with Crippen molar-refractivity contribution in [1.29, 1.82) is 0 Å². The Labute approximate surface area is 150 Å². The van der Waals surface area contributed by atoms with Gasteiger partial charge < -0.3 is 10.6 Å². The first-order valence-electron chi connectivity index (χ1n) is 9.31. The van der Waals surface area contributed by atoms with Gasteiger partial charge in [0.25, 0.3) is 11.8 Å². The van der Waals surface area contributed by atoms with Crippen molar-refractivity contribution in [1.82, 2.24) is 15.5 Å². The zero-order valence-electron chi connectivity index (χ0n) is 15.5. The molecule has 0 radical (unpaired) electrons. The minimum atomic E-state index is -0.276. The van der Waals surface area contributed by atoms with E-state index >= 15 is 0 Å². The van der Waals surface area contributed by atoms with Gasteiger partial charge in [-0.1, -0.05) is 6.42 Å². The Kier molecular flexibility index (Phi) is 5.13. The second-order valence-electron chi connectivity index (χ2n) is 8.25. The third-order valence-electron chi connectivity index (χ3n) is 5.07. The average molecular weight is 343 g/mol. The molecule has 2 fully saturated rings. The first-order chi connectivity index (χ1) is 11.8. The summed E-state index contributed by atoms with van der Waals surface area (Å²) in [5.74, 6) is -0.159. The molecular formula is C20H29N3O2. The monoisotopic (exact) mass is 343 g/mol. The standard InChI is InChI=1S/C20H29N3O2/c1-20(2,3)22-19(25)15-9-7-14(8-10-15)18(24)21-16-11-13-23-12-5-4-6-17(16)23/h7-10,16-17H,4-6,11-13H2,1-3H3,(H,21,24)(H,22,25)/t16-,17-/m1/s1. The first kappa shape index (κ1) is 17.9. The number of fused-ring (bicyclic) bond motifs is 1. The Bertz CT molecular complexity index is 633. The lowest BCUT2D eigenvalue weighted by Gasteiger charge is -2.32. The van der Waals surface area contributed by atoms with Crippen LogP contribution in [0.25, 0.3) is 0 Å². The maximum atomic E-state index is 12.6. The van der Waals surface area contributed by atoms with Crippen LogP contribution in [0.1, 0.15) is 67.2 Å². The molecule has 136 valence electrons. The summed E-state index contributed by atoms with van der Waals surface area (Å²) in [6, 6.07) is 7.65. The van der Waals surface area contributed by atoms with Crippen molar-refractivity contribution in [2.45, 2.75) is 64.1 Å². The molecule has 0 unspecified atom stereocenters. The van der Waals surface area contributed by atoms with Crippen molar-refractivity contribution in [2.75, 3.05) is 13.1 Å². The van der Waals surface area contributed by atoms with E-state index in [1.54, 1.807) is 24.3 Å². The number of nitrogens with zero attached hydrogens (tertiary/aromatic N) is 1. The molecule has 2 N–H and O–H groups in total. The van der Waals surface area contributed by atoms with Gasteiger partial charge in [0.2, 0.25) is 0 Å². The van der Waals surface area contributed by atoms with Crippen LogP contribution in [0.5, 0.6) is 0 Å². The molecule has 0 aliphatic carbocycles. The smallest absolute Gasteiger partial charge is 0.251 e. The molecule has 1 aromatic rings. The summed E-state index contributed by atoms with van der Waals surface area (Å²) >= 11 is 0. The van der Waals surface area contributed by atoms with E-state index in [0.29, 0.717) is 17.2 Å². The van der Waals surface area contributed by atoms with E-state index in [-0.39, 0.29) is 23.4 Å². The minimum Gasteiger partial charge on any atom is -0.348 e. The fourth-order valence-corrected chi connectivity index (χ4v) is 3.85. The van der Waals surface area contributed by atoms with Gasteiger partial charge in [-0.05, 0) is 70.8 Å². The lowest BCUT2D eigenvalue weighted by atomic mass is 9.98. The van der Waals surface area contributed by atoms with Crippen LogP contribution < -0.4 is 10.6 Å². The van der Waals surface area contributed by atoms with Crippen LogP contribution in [0.3, 0.4) is 0 Å². The summed E-state index contributed by atoms with van der Waals surface area (Å²) in [6.45, 7) is 8.09. The molecule has 0 aromatic heterocycles. The maximum Gasteiger partial charge on any atom is 0.251 e. The van der Waals surface area contributed by atoms with Crippen LogP contribution in [-0.4, -0.2) is 47.4 Å². The highest BCUT2D eigenvalue weighted by atomic mass is 16.2. The number of carbonyl (C=O) groups is 2. The molecule has 2 saturated heterocycles. The Balaban J connectivity index is 1.60. The maximum absolute atomic E-state index is 12.6. The van der Waals surface area contributed by atoms with E-state index < -0.39 is 0 Å². The molecule has 1 aromatic carbocycles. The molecule has 25 heavy (non-hydrogen) atoms. The molecule has 2 aliphatic heterocycles. The van der Waals surface area contributed by atoms with Gasteiger partial charge in [-0.2, -0.15) is 0 Å². The Hall–Kier alpha value is -1.88. The van der Waals surface area contributed by atoms with Crippen LogP contribution in [0.2, 0.25) is 0 Å². The average Bonchev–Trinajstić information content (AvgIpc) is 2.96. The van der Waals surface area contributed by atoms with Crippen LogP contribution in [0.15, 0.2) is 24.3 Å². The van der Waals surface area contributed by atoms with E-state index in [1.807, 2.05) is 20.8 Å². The highest BCUT2D eigenvalue weighted by Gasteiger charge is 2.36. The molecule has 0 saturated carbocycles. The topological polar surface area (TPSA) is 61.4 Å². The SMILES string of the molecule is CC(C)(C)NC(=O)c1ccc(C(=O)N[C@@H]2CCN3CCCC[C@H]23)cc1. The molecule has 0 bridgehead atoms. The molecule has 5 heteroatoms. The summed E-state index contributed by atoms with van der Waals surface area (Å²) in [6.07, 6.45) is 4.74. The number of carbonyl (C=O) groups excluding carboxylic acids is 2. The fourth-order valence-electron chi connectivity index (χ4n) is 3.85. The number of nitrogens with one attached hydrogen (secondary N) is 2. The Morgan fingerprint density at radius 1 is 0.960 bits per heavy atom. The highest BCUT2D eigenvalue weighted by molar-refractivity contribution is 5.98. The van der Waals surface area contributed by atoms with Gasteiger partial charge in [0, 0.05) is 35.3 Å². The largest absolute Gasteiger partial charge is 0.348 e. The summed E-state index contributed by atoms with van der Waals surface area (Å²) in [4.78, 5) is 27.2. The van der Waals surface area contributed by atoms with Gasteiger partial charge in [0.15, 0.2) is 0 Å². The molecule has 2 aliphatic rings.